The molecule has 0 saturated heterocycles. The maximum absolute atomic E-state index is 5.34. The van der Waals surface area contributed by atoms with Gasteiger partial charge in [-0.2, -0.15) is 0 Å². The number of anilines is 1. The second kappa shape index (κ2) is 10.3. The normalized spacial score (nSPS) is 9.41. The first kappa shape index (κ1) is 20.6. The van der Waals surface area contributed by atoms with Crippen molar-refractivity contribution in [3.05, 3.63) is 59.7 Å². The topological polar surface area (TPSA) is 24.5 Å². The van der Waals surface area contributed by atoms with E-state index in [4.69, 9.17) is 4.74 Å². The Labute approximate surface area is 145 Å². The molecule has 0 atom stereocenters. The van der Waals surface area contributed by atoms with Crippen LogP contribution in [0.3, 0.4) is 0 Å². The molecule has 5 heteroatoms. The van der Waals surface area contributed by atoms with E-state index in [0.29, 0.717) is 0 Å². The summed E-state index contributed by atoms with van der Waals surface area (Å²) in [6, 6.07) is 16.7. The highest BCUT2D eigenvalue weighted by molar-refractivity contribution is 5.46. The number of hydrogen-bond acceptors (Lipinski definition) is 3. The fourth-order valence-electron chi connectivity index (χ4n) is 2.10. The van der Waals surface area contributed by atoms with Crippen LogP contribution in [0.1, 0.15) is 11.1 Å². The first-order chi connectivity index (χ1) is 9.70. The number of ether oxygens (including phenoxy) is 1. The van der Waals surface area contributed by atoms with Crippen molar-refractivity contribution in [1.29, 1.82) is 0 Å². The van der Waals surface area contributed by atoms with Gasteiger partial charge in [0.1, 0.15) is 5.75 Å². The molecule has 0 aliphatic carbocycles. The molecule has 22 heavy (non-hydrogen) atoms. The summed E-state index contributed by atoms with van der Waals surface area (Å²) < 4.78 is 5.34. The Bertz CT molecular complexity index is 545. The number of benzene rings is 2. The maximum atomic E-state index is 5.34. The Morgan fingerprint density at radius 3 is 2.14 bits per heavy atom. The molecule has 0 spiro atoms. The van der Waals surface area contributed by atoms with Gasteiger partial charge in [0, 0.05) is 38.4 Å². The lowest BCUT2D eigenvalue weighted by atomic mass is 10.1. The molecule has 0 heterocycles. The molecule has 122 valence electrons. The van der Waals surface area contributed by atoms with Gasteiger partial charge < -0.3 is 39.8 Å². The van der Waals surface area contributed by atoms with Gasteiger partial charge in [-0.1, -0.05) is 30.3 Å². The monoisotopic (exact) mass is 340 g/mol. The minimum Gasteiger partial charge on any atom is -1.00 e. The zero-order valence-electron chi connectivity index (χ0n) is 13.1. The number of hydrogen-bond donors (Lipinski definition) is 1. The van der Waals surface area contributed by atoms with E-state index in [0.717, 1.165) is 18.8 Å². The molecule has 0 amide bonds. The molecule has 0 aliphatic heterocycles. The molecule has 1 N–H and O–H groups in total. The summed E-state index contributed by atoms with van der Waals surface area (Å²) in [7, 11) is 5.81. The van der Waals surface area contributed by atoms with Gasteiger partial charge in [0.2, 0.25) is 0 Å². The molecular formula is C17H22Cl2N2O-2. The lowest BCUT2D eigenvalue weighted by Gasteiger charge is -2.13. The third-order valence-electron chi connectivity index (χ3n) is 3.29. The first-order valence-corrected chi connectivity index (χ1v) is 6.79. The van der Waals surface area contributed by atoms with Crippen LogP contribution in [0.25, 0.3) is 0 Å². The number of nitrogens with zero attached hydrogens (tertiary/aromatic N) is 1. The second-order valence-electron chi connectivity index (χ2n) is 4.98. The Morgan fingerprint density at radius 2 is 1.55 bits per heavy atom. The number of para-hydroxylation sites is 1. The summed E-state index contributed by atoms with van der Waals surface area (Å²) in [6.45, 7) is 1.66. The predicted octanol–water partition coefficient (Wildman–Crippen LogP) is -2.94. The largest absolute Gasteiger partial charge is 1.00 e. The quantitative estimate of drug-likeness (QED) is 0.609. The molecular weight excluding hydrogens is 319 g/mol. The van der Waals surface area contributed by atoms with Crippen LogP contribution < -0.4 is 39.8 Å². The minimum atomic E-state index is 0. The summed E-state index contributed by atoms with van der Waals surface area (Å²) in [5.41, 5.74) is 3.68. The van der Waals surface area contributed by atoms with Gasteiger partial charge in [0.15, 0.2) is 0 Å². The van der Waals surface area contributed by atoms with E-state index in [-0.39, 0.29) is 24.8 Å². The summed E-state index contributed by atoms with van der Waals surface area (Å²) in [5.74, 6) is 0.933. The van der Waals surface area contributed by atoms with Crippen LogP contribution in [0, 0.1) is 0 Å². The van der Waals surface area contributed by atoms with Crippen molar-refractivity contribution < 1.29 is 29.6 Å². The van der Waals surface area contributed by atoms with E-state index in [9.17, 15) is 0 Å². The molecule has 0 aliphatic rings. The van der Waals surface area contributed by atoms with Gasteiger partial charge in [0.25, 0.3) is 0 Å². The second-order valence-corrected chi connectivity index (χ2v) is 4.98. The predicted molar refractivity (Wildman–Crippen MR) is 84.3 cm³/mol. The molecule has 2 aromatic carbocycles. The number of rotatable bonds is 6. The smallest absolute Gasteiger partial charge is 0.123 e. The Kier molecular flexibility index (Phi) is 9.66. The summed E-state index contributed by atoms with van der Waals surface area (Å²) in [6.07, 6.45) is 0. The molecule has 0 bridgehead atoms. The van der Waals surface area contributed by atoms with Crippen molar-refractivity contribution in [3.63, 3.8) is 0 Å². The van der Waals surface area contributed by atoms with Crippen molar-refractivity contribution >= 4 is 5.69 Å². The highest BCUT2D eigenvalue weighted by Gasteiger charge is 2.01. The zero-order valence-corrected chi connectivity index (χ0v) is 14.7. The fourth-order valence-corrected chi connectivity index (χ4v) is 2.10. The Hall–Kier alpha value is -1.42. The SMILES string of the molecule is COc1ccccc1CNCc1ccc(N(C)C)cc1.[Cl-].[Cl-]. The molecule has 0 aromatic heterocycles. The minimum absolute atomic E-state index is 0. The molecule has 3 nitrogen and oxygen atoms in total. The molecule has 0 radical (unpaired) electrons. The van der Waals surface area contributed by atoms with Crippen LogP contribution in [-0.2, 0) is 13.1 Å². The van der Waals surface area contributed by atoms with E-state index in [1.54, 1.807) is 7.11 Å². The van der Waals surface area contributed by atoms with Crippen LogP contribution in [0.15, 0.2) is 48.5 Å². The van der Waals surface area contributed by atoms with Crippen molar-refractivity contribution in [2.75, 3.05) is 26.1 Å². The number of nitrogens with one attached hydrogen (secondary N) is 1. The van der Waals surface area contributed by atoms with Crippen molar-refractivity contribution in [1.82, 2.24) is 5.32 Å². The van der Waals surface area contributed by atoms with Crippen molar-refractivity contribution in [3.8, 4) is 5.75 Å². The third-order valence-corrected chi connectivity index (χ3v) is 3.29. The Morgan fingerprint density at radius 1 is 0.909 bits per heavy atom. The average molecular weight is 341 g/mol. The van der Waals surface area contributed by atoms with E-state index in [1.807, 2.05) is 18.2 Å². The number of methoxy groups -OCH3 is 1. The first-order valence-electron chi connectivity index (χ1n) is 6.79. The summed E-state index contributed by atoms with van der Waals surface area (Å²) in [5, 5.41) is 3.45. The van der Waals surface area contributed by atoms with Gasteiger partial charge >= 0.3 is 0 Å². The summed E-state index contributed by atoms with van der Waals surface area (Å²) >= 11 is 0. The van der Waals surface area contributed by atoms with Gasteiger partial charge in [-0.3, -0.25) is 0 Å². The summed E-state index contributed by atoms with van der Waals surface area (Å²) in [4.78, 5) is 2.10. The van der Waals surface area contributed by atoms with E-state index < -0.39 is 0 Å². The van der Waals surface area contributed by atoms with E-state index >= 15 is 0 Å². The lowest BCUT2D eigenvalue weighted by molar-refractivity contribution is -0.001000. The molecule has 0 unspecified atom stereocenters. The maximum Gasteiger partial charge on any atom is 0.123 e. The average Bonchev–Trinajstić information content (AvgIpc) is 2.48. The molecule has 0 saturated carbocycles. The Balaban J connectivity index is 0.00000220. The molecule has 2 rings (SSSR count). The highest BCUT2D eigenvalue weighted by atomic mass is 35.5. The van der Waals surface area contributed by atoms with Crippen LogP contribution >= 0.6 is 0 Å². The van der Waals surface area contributed by atoms with Crippen molar-refractivity contribution in [2.45, 2.75) is 13.1 Å². The lowest BCUT2D eigenvalue weighted by Crippen LogP contribution is -3.00. The molecule has 0 fully saturated rings. The number of halogens is 2. The van der Waals surface area contributed by atoms with Crippen LogP contribution in [-0.4, -0.2) is 21.2 Å². The zero-order chi connectivity index (χ0) is 14.4. The standard InChI is InChI=1S/C17H22N2O.2ClH/c1-19(2)16-10-8-14(9-11-16)12-18-13-15-6-4-5-7-17(15)20-3;;/h4-11,18H,12-13H2,1-3H3;2*1H/p-2. The fraction of sp³-hybridized carbons (Fsp3) is 0.294. The third kappa shape index (κ3) is 5.76. The van der Waals surface area contributed by atoms with Crippen LogP contribution in [0.2, 0.25) is 0 Å². The van der Waals surface area contributed by atoms with Gasteiger partial charge in [-0.05, 0) is 23.8 Å². The van der Waals surface area contributed by atoms with Crippen molar-refractivity contribution in [2.24, 2.45) is 0 Å². The van der Waals surface area contributed by atoms with Crippen LogP contribution in [0.5, 0.6) is 5.75 Å². The molecule has 2 aromatic rings. The van der Waals surface area contributed by atoms with Gasteiger partial charge in [0.05, 0.1) is 7.11 Å². The van der Waals surface area contributed by atoms with E-state index in [2.05, 4.69) is 54.6 Å². The van der Waals surface area contributed by atoms with Crippen LogP contribution in [0.4, 0.5) is 5.69 Å². The highest BCUT2D eigenvalue weighted by Crippen LogP contribution is 2.17. The van der Waals surface area contributed by atoms with Gasteiger partial charge in [-0.25, -0.2) is 0 Å². The van der Waals surface area contributed by atoms with E-state index in [1.165, 1.54) is 16.8 Å². The van der Waals surface area contributed by atoms with Gasteiger partial charge in [-0.15, -0.1) is 0 Å².